The highest BCUT2D eigenvalue weighted by molar-refractivity contribution is 5.96. The lowest BCUT2D eigenvalue weighted by Crippen LogP contribution is -2.40. The number of nitrogens with zero attached hydrogens (tertiary/aromatic N) is 2. The second kappa shape index (κ2) is 6.38. The summed E-state index contributed by atoms with van der Waals surface area (Å²) in [7, 11) is 4.26. The van der Waals surface area contributed by atoms with Crippen LogP contribution < -0.4 is 9.13 Å². The Bertz CT molecular complexity index is 1130. The highest BCUT2D eigenvalue weighted by Gasteiger charge is 2.24. The first-order valence-corrected chi connectivity index (χ1v) is 9.00. The monoisotopic (exact) mass is 340 g/mol. The molecule has 2 aromatic carbocycles. The molecule has 0 atom stereocenters. The molecule has 0 saturated heterocycles. The number of fused-ring (bicyclic) bond motifs is 1. The number of hydrogen-bond donors (Lipinski definition) is 0. The fourth-order valence-electron chi connectivity index (χ4n) is 3.74. The molecule has 0 fully saturated rings. The number of aryl methyl sites for hydroxylation is 3. The fraction of sp³-hybridized carbons (Fsp3) is 0.167. The molecule has 2 nitrogen and oxygen atoms in total. The molecule has 128 valence electrons. The van der Waals surface area contributed by atoms with Crippen LogP contribution in [0, 0.1) is 13.8 Å². The number of aromatic nitrogens is 2. The predicted molar refractivity (Wildman–Crippen MR) is 107 cm³/mol. The molecule has 0 aliphatic rings. The van der Waals surface area contributed by atoms with E-state index in [4.69, 9.17) is 0 Å². The van der Waals surface area contributed by atoms with Crippen LogP contribution in [0.4, 0.5) is 0 Å². The topological polar surface area (TPSA) is 7.76 Å². The summed E-state index contributed by atoms with van der Waals surface area (Å²) in [6, 6.07) is 24.0. The molecule has 0 unspecified atom stereocenters. The van der Waals surface area contributed by atoms with Crippen molar-refractivity contribution in [3.05, 3.63) is 84.1 Å². The second-order valence-electron chi connectivity index (χ2n) is 7.03. The van der Waals surface area contributed by atoms with Gasteiger partial charge in [0.15, 0.2) is 6.20 Å². The highest BCUT2D eigenvalue weighted by atomic mass is 15.0. The maximum absolute atomic E-state index is 2.31. The van der Waals surface area contributed by atoms with E-state index in [1.54, 1.807) is 0 Å². The van der Waals surface area contributed by atoms with E-state index >= 15 is 0 Å². The van der Waals surface area contributed by atoms with Crippen LogP contribution >= 0.6 is 0 Å². The molecular weight excluding hydrogens is 316 g/mol. The third-order valence-electron chi connectivity index (χ3n) is 5.19. The zero-order valence-corrected chi connectivity index (χ0v) is 15.8. The van der Waals surface area contributed by atoms with Crippen LogP contribution in [0.3, 0.4) is 0 Å². The predicted octanol–water partition coefficient (Wildman–Crippen LogP) is 4.44. The first-order chi connectivity index (χ1) is 12.6. The molecule has 0 saturated carbocycles. The van der Waals surface area contributed by atoms with Gasteiger partial charge in [0.25, 0.3) is 11.4 Å². The van der Waals surface area contributed by atoms with Crippen molar-refractivity contribution in [3.63, 3.8) is 0 Å². The van der Waals surface area contributed by atoms with Gasteiger partial charge in [0, 0.05) is 24.3 Å². The van der Waals surface area contributed by atoms with E-state index in [1.807, 2.05) is 0 Å². The van der Waals surface area contributed by atoms with E-state index in [0.717, 1.165) is 0 Å². The van der Waals surface area contributed by atoms with E-state index in [2.05, 4.69) is 110 Å². The lowest BCUT2D eigenvalue weighted by Gasteiger charge is -2.10. The van der Waals surface area contributed by atoms with E-state index in [9.17, 15) is 0 Å². The average molecular weight is 340 g/mol. The van der Waals surface area contributed by atoms with Gasteiger partial charge in [-0.3, -0.25) is 0 Å². The number of hydrogen-bond acceptors (Lipinski definition) is 0. The third kappa shape index (κ3) is 2.68. The van der Waals surface area contributed by atoms with Gasteiger partial charge < -0.3 is 0 Å². The summed E-state index contributed by atoms with van der Waals surface area (Å²) < 4.78 is 4.49. The molecule has 0 aliphatic heterocycles. The molecule has 0 spiro atoms. The Morgan fingerprint density at radius 2 is 1.46 bits per heavy atom. The molecular formula is C24H24N2+2. The smallest absolute Gasteiger partial charge is 0.196 e. The van der Waals surface area contributed by atoms with E-state index in [-0.39, 0.29) is 0 Å². The summed E-state index contributed by atoms with van der Waals surface area (Å²) in [6.07, 6.45) is 2.13. The van der Waals surface area contributed by atoms with Gasteiger partial charge in [-0.25, -0.2) is 0 Å². The van der Waals surface area contributed by atoms with Gasteiger partial charge in [0.05, 0.1) is 5.56 Å². The molecule has 0 amide bonds. The average Bonchev–Trinajstić information content (AvgIpc) is 2.65. The molecule has 2 aromatic heterocycles. The van der Waals surface area contributed by atoms with Crippen LogP contribution in [0.15, 0.2) is 72.9 Å². The van der Waals surface area contributed by atoms with Crippen molar-refractivity contribution in [2.45, 2.75) is 13.8 Å². The van der Waals surface area contributed by atoms with Gasteiger partial charge >= 0.3 is 0 Å². The van der Waals surface area contributed by atoms with E-state index in [0.29, 0.717) is 0 Å². The first-order valence-electron chi connectivity index (χ1n) is 9.00. The zero-order chi connectivity index (χ0) is 18.3. The van der Waals surface area contributed by atoms with Crippen molar-refractivity contribution in [1.82, 2.24) is 0 Å². The van der Waals surface area contributed by atoms with Crippen molar-refractivity contribution >= 4 is 10.8 Å². The summed E-state index contributed by atoms with van der Waals surface area (Å²) in [5.41, 5.74) is 7.53. The molecule has 4 rings (SSSR count). The van der Waals surface area contributed by atoms with Crippen molar-refractivity contribution in [2.24, 2.45) is 14.1 Å². The summed E-state index contributed by atoms with van der Waals surface area (Å²) in [5, 5.41) is 2.58. The molecule has 0 N–H and O–H groups in total. The molecule has 0 bridgehead atoms. The van der Waals surface area contributed by atoms with Crippen LogP contribution in [0.5, 0.6) is 0 Å². The van der Waals surface area contributed by atoms with Gasteiger partial charge in [-0.2, -0.15) is 9.13 Å². The van der Waals surface area contributed by atoms with Crippen LogP contribution in [0.2, 0.25) is 0 Å². The second-order valence-corrected chi connectivity index (χ2v) is 7.03. The molecule has 4 aromatic rings. The number of rotatable bonds is 2. The normalized spacial score (nSPS) is 11.1. The van der Waals surface area contributed by atoms with Gasteiger partial charge in [0.1, 0.15) is 14.1 Å². The lowest BCUT2D eigenvalue weighted by atomic mass is 9.96. The van der Waals surface area contributed by atoms with Crippen molar-refractivity contribution in [3.8, 4) is 22.6 Å². The highest BCUT2D eigenvalue weighted by Crippen LogP contribution is 2.30. The van der Waals surface area contributed by atoms with Gasteiger partial charge in [-0.05, 0) is 41.8 Å². The Hall–Kier alpha value is -3.00. The molecule has 0 radical (unpaired) electrons. The van der Waals surface area contributed by atoms with E-state index < -0.39 is 0 Å². The van der Waals surface area contributed by atoms with Crippen molar-refractivity contribution in [1.29, 1.82) is 0 Å². The quantitative estimate of drug-likeness (QED) is 0.477. The summed E-state index contributed by atoms with van der Waals surface area (Å²) in [4.78, 5) is 0. The zero-order valence-electron chi connectivity index (χ0n) is 15.8. The Morgan fingerprint density at radius 1 is 0.692 bits per heavy atom. The van der Waals surface area contributed by atoms with Crippen molar-refractivity contribution < 1.29 is 9.13 Å². The minimum atomic E-state index is 1.21. The number of benzene rings is 2. The maximum Gasteiger partial charge on any atom is 0.277 e. The first kappa shape index (κ1) is 16.5. The SMILES string of the molecule is Cc1cc[n+](C)c(-c2cccc(-c3c(C)ccc4ccccc34)[n+]2C)c1. The van der Waals surface area contributed by atoms with Crippen LogP contribution in [0.1, 0.15) is 11.1 Å². The molecule has 2 heteroatoms. The van der Waals surface area contributed by atoms with Crippen LogP contribution in [0.25, 0.3) is 33.4 Å². The van der Waals surface area contributed by atoms with Crippen molar-refractivity contribution in [2.75, 3.05) is 0 Å². The Labute approximate surface area is 155 Å². The minimum Gasteiger partial charge on any atom is -0.196 e. The standard InChI is InChI=1S/C24H24N2/c1-17-14-15-25(3)23(16-17)21-10-7-11-22(26(21)4)24-18(2)12-13-19-8-5-6-9-20(19)24/h5-16H,1-4H3/q+2. The maximum atomic E-state index is 2.31. The fourth-order valence-corrected chi connectivity index (χ4v) is 3.74. The number of pyridine rings is 2. The van der Waals surface area contributed by atoms with Crippen LogP contribution in [-0.2, 0) is 14.1 Å². The van der Waals surface area contributed by atoms with Gasteiger partial charge in [-0.1, -0.05) is 36.4 Å². The molecule has 2 heterocycles. The lowest BCUT2D eigenvalue weighted by molar-refractivity contribution is -0.685. The van der Waals surface area contributed by atoms with Gasteiger partial charge in [0.2, 0.25) is 5.69 Å². The van der Waals surface area contributed by atoms with Gasteiger partial charge in [-0.15, -0.1) is 0 Å². The molecule has 26 heavy (non-hydrogen) atoms. The summed E-state index contributed by atoms with van der Waals surface area (Å²) in [6.45, 7) is 4.34. The Balaban J connectivity index is 2.01. The molecule has 0 aliphatic carbocycles. The Morgan fingerprint density at radius 3 is 2.31 bits per heavy atom. The largest absolute Gasteiger partial charge is 0.277 e. The third-order valence-corrected chi connectivity index (χ3v) is 5.19. The minimum absolute atomic E-state index is 1.21. The van der Waals surface area contributed by atoms with E-state index in [1.165, 1.54) is 44.5 Å². The summed E-state index contributed by atoms with van der Waals surface area (Å²) >= 11 is 0. The van der Waals surface area contributed by atoms with Crippen LogP contribution in [-0.4, -0.2) is 0 Å². The Kier molecular flexibility index (Phi) is 4.04. The summed E-state index contributed by atoms with van der Waals surface area (Å²) in [5.74, 6) is 0.